The fraction of sp³-hybridized carbons (Fsp3) is 0.531. The molecule has 17 heteroatoms. The van der Waals surface area contributed by atoms with Crippen LogP contribution in [0.2, 0.25) is 0 Å². The number of nitrogens with zero attached hydrogens (tertiary/aromatic N) is 2. The summed E-state index contributed by atoms with van der Waals surface area (Å²) in [6, 6.07) is 0. The Bertz CT molecular complexity index is 1290. The molecule has 0 saturated carbocycles. The standard InChI is InChI=1S/C26H36N6O8.C6H11NO2/c1-14(10-21(35)29-17(4)27-19(33)6-8-31-23(37)12-15(2)25(31)39)11-22(36)30-18(5)28-20(34)7-9-32-24(38)13-16(3)26(32)40;1-4-9-5(2)6(8)7-3/h14-16H,4-13H2,1-3H3,(H,27,33)(H,28,34)(H,29,35)(H,30,36);2,4H2,1,3H3,(H,7,8). The minimum atomic E-state index is -0.536. The van der Waals surface area contributed by atoms with Gasteiger partial charge in [-0.1, -0.05) is 40.5 Å². The van der Waals surface area contributed by atoms with Crippen LogP contribution in [0.15, 0.2) is 37.1 Å². The van der Waals surface area contributed by atoms with Crippen LogP contribution in [0.3, 0.4) is 0 Å². The minimum absolute atomic E-state index is 0.0654. The second-order valence-electron chi connectivity index (χ2n) is 11.6. The average molecular weight is 690 g/mol. The normalized spacial score (nSPS) is 17.3. The van der Waals surface area contributed by atoms with E-state index in [1.54, 1.807) is 27.7 Å². The lowest BCUT2D eigenvalue weighted by molar-refractivity contribution is -0.141. The number of carbonyl (C=O) groups is 9. The molecule has 0 aromatic rings. The Morgan fingerprint density at radius 2 is 1.10 bits per heavy atom. The number of hydrogen-bond donors (Lipinski definition) is 5. The number of carbonyl (C=O) groups excluding carboxylic acids is 9. The zero-order valence-corrected chi connectivity index (χ0v) is 28.7. The fourth-order valence-electron chi connectivity index (χ4n) is 4.64. The van der Waals surface area contributed by atoms with Crippen molar-refractivity contribution in [2.75, 3.05) is 26.7 Å². The summed E-state index contributed by atoms with van der Waals surface area (Å²) < 4.78 is 4.79. The highest BCUT2D eigenvalue weighted by Gasteiger charge is 2.36. The number of likely N-dealkylation sites (tertiary alicyclic amines) is 2. The zero-order valence-electron chi connectivity index (χ0n) is 28.7. The largest absolute Gasteiger partial charge is 0.489 e. The van der Waals surface area contributed by atoms with Gasteiger partial charge in [0.25, 0.3) is 5.91 Å². The van der Waals surface area contributed by atoms with Gasteiger partial charge in [0.15, 0.2) is 5.76 Å². The maximum atomic E-state index is 12.3. The Labute approximate surface area is 285 Å². The lowest BCUT2D eigenvalue weighted by atomic mass is 10.0. The van der Waals surface area contributed by atoms with Crippen LogP contribution in [0.5, 0.6) is 0 Å². The molecule has 2 heterocycles. The third-order valence-corrected chi connectivity index (χ3v) is 7.09. The first-order valence-electron chi connectivity index (χ1n) is 15.7. The number of likely N-dealkylation sites (N-methyl/N-ethyl adjacent to an activating group) is 1. The quantitative estimate of drug-likeness (QED) is 0.0758. The van der Waals surface area contributed by atoms with Gasteiger partial charge in [0.2, 0.25) is 47.3 Å². The second kappa shape index (κ2) is 20.1. The van der Waals surface area contributed by atoms with Crippen molar-refractivity contribution in [3.05, 3.63) is 37.1 Å². The molecule has 2 aliphatic rings. The Morgan fingerprint density at radius 3 is 1.41 bits per heavy atom. The van der Waals surface area contributed by atoms with Gasteiger partial charge in [-0.25, -0.2) is 0 Å². The second-order valence-corrected chi connectivity index (χ2v) is 11.6. The van der Waals surface area contributed by atoms with E-state index in [9.17, 15) is 43.2 Å². The first-order valence-corrected chi connectivity index (χ1v) is 15.7. The molecule has 17 nitrogen and oxygen atoms in total. The Balaban J connectivity index is 0.00000117. The highest BCUT2D eigenvalue weighted by Crippen LogP contribution is 2.19. The summed E-state index contributed by atoms with van der Waals surface area (Å²) in [4.78, 5) is 109. The van der Waals surface area contributed by atoms with Crippen LogP contribution in [-0.2, 0) is 47.9 Å². The predicted molar refractivity (Wildman–Crippen MR) is 174 cm³/mol. The summed E-state index contributed by atoms with van der Waals surface area (Å²) in [5.74, 6) is -4.87. The summed E-state index contributed by atoms with van der Waals surface area (Å²) in [5, 5.41) is 12.0. The third kappa shape index (κ3) is 14.5. The topological polar surface area (TPSA) is 229 Å². The summed E-state index contributed by atoms with van der Waals surface area (Å²) in [7, 11) is 1.53. The van der Waals surface area contributed by atoms with E-state index in [0.29, 0.717) is 6.61 Å². The number of ether oxygens (including phenoxy) is 1. The number of hydrogen-bond acceptors (Lipinski definition) is 10. The SMILES string of the molecule is C=C(NC(=O)CCN1C(=O)CC(C)C1=O)NC(=O)CC(C)CC(=O)NC(=C)NC(=O)CCN1C(=O)CC(C)C1=O.C=C(OCC)C(=O)NC. The van der Waals surface area contributed by atoms with Crippen LogP contribution >= 0.6 is 0 Å². The molecule has 2 unspecified atom stereocenters. The van der Waals surface area contributed by atoms with Crippen molar-refractivity contribution in [1.29, 1.82) is 0 Å². The van der Waals surface area contributed by atoms with E-state index >= 15 is 0 Å². The fourth-order valence-corrected chi connectivity index (χ4v) is 4.64. The Kier molecular flexibility index (Phi) is 17.1. The zero-order chi connectivity index (χ0) is 37.4. The summed E-state index contributed by atoms with van der Waals surface area (Å²) in [5.41, 5.74) is 0. The molecule has 0 aromatic carbocycles. The van der Waals surface area contributed by atoms with Gasteiger partial charge in [-0.3, -0.25) is 53.0 Å². The van der Waals surface area contributed by atoms with Gasteiger partial charge in [-0.05, 0) is 12.8 Å². The summed E-state index contributed by atoms with van der Waals surface area (Å²) >= 11 is 0. The molecule has 270 valence electrons. The first kappa shape index (κ1) is 41.7. The third-order valence-electron chi connectivity index (χ3n) is 7.09. The molecule has 2 aliphatic heterocycles. The molecular formula is C32H47N7O10. The number of imide groups is 2. The number of rotatable bonds is 17. The van der Waals surface area contributed by atoms with Crippen molar-refractivity contribution < 1.29 is 47.9 Å². The molecule has 2 atom stereocenters. The maximum Gasteiger partial charge on any atom is 0.285 e. The number of amides is 9. The molecule has 0 radical (unpaired) electrons. The molecule has 0 spiro atoms. The van der Waals surface area contributed by atoms with Crippen molar-refractivity contribution in [3.8, 4) is 0 Å². The highest BCUT2D eigenvalue weighted by atomic mass is 16.5. The molecule has 0 bridgehead atoms. The van der Waals surface area contributed by atoms with Crippen LogP contribution in [0, 0.1) is 17.8 Å². The molecular weight excluding hydrogens is 642 g/mol. The molecule has 0 aliphatic carbocycles. The monoisotopic (exact) mass is 689 g/mol. The van der Waals surface area contributed by atoms with Crippen LogP contribution in [-0.4, -0.2) is 89.7 Å². The van der Waals surface area contributed by atoms with E-state index in [-0.39, 0.29) is 98.6 Å². The van der Waals surface area contributed by atoms with E-state index in [2.05, 4.69) is 46.3 Å². The van der Waals surface area contributed by atoms with Crippen molar-refractivity contribution in [2.45, 2.75) is 66.2 Å². The Morgan fingerprint density at radius 1 is 0.735 bits per heavy atom. The summed E-state index contributed by atoms with van der Waals surface area (Å²) in [6.07, 6.45) is -0.217. The highest BCUT2D eigenvalue weighted by molar-refractivity contribution is 6.04. The van der Waals surface area contributed by atoms with Crippen LogP contribution in [0.1, 0.15) is 66.2 Å². The average Bonchev–Trinajstić information content (AvgIpc) is 3.39. The molecule has 2 fully saturated rings. The first-order chi connectivity index (χ1) is 22.9. The molecule has 2 saturated heterocycles. The lowest BCUT2D eigenvalue weighted by Crippen LogP contribution is -2.39. The maximum absolute atomic E-state index is 12.3. The summed E-state index contributed by atoms with van der Waals surface area (Å²) in [6.45, 7) is 17.6. The molecule has 2 rings (SSSR count). The van der Waals surface area contributed by atoms with Crippen LogP contribution in [0.4, 0.5) is 0 Å². The van der Waals surface area contributed by atoms with Gasteiger partial charge in [0.1, 0.15) is 11.6 Å². The van der Waals surface area contributed by atoms with E-state index in [0.717, 1.165) is 9.80 Å². The van der Waals surface area contributed by atoms with E-state index in [1.807, 2.05) is 0 Å². The van der Waals surface area contributed by atoms with Gasteiger partial charge < -0.3 is 31.3 Å². The molecule has 5 N–H and O–H groups in total. The van der Waals surface area contributed by atoms with Crippen molar-refractivity contribution in [1.82, 2.24) is 36.4 Å². The van der Waals surface area contributed by atoms with Gasteiger partial charge in [-0.2, -0.15) is 0 Å². The van der Waals surface area contributed by atoms with Crippen molar-refractivity contribution >= 4 is 53.2 Å². The van der Waals surface area contributed by atoms with Crippen LogP contribution < -0.4 is 26.6 Å². The van der Waals surface area contributed by atoms with Crippen molar-refractivity contribution in [2.24, 2.45) is 17.8 Å². The smallest absolute Gasteiger partial charge is 0.285 e. The van der Waals surface area contributed by atoms with Gasteiger partial charge in [0.05, 0.1) is 6.61 Å². The van der Waals surface area contributed by atoms with E-state index in [4.69, 9.17) is 4.74 Å². The lowest BCUT2D eigenvalue weighted by Gasteiger charge is -2.16. The molecule has 49 heavy (non-hydrogen) atoms. The van der Waals surface area contributed by atoms with Crippen LogP contribution in [0.25, 0.3) is 0 Å². The van der Waals surface area contributed by atoms with Crippen molar-refractivity contribution in [3.63, 3.8) is 0 Å². The van der Waals surface area contributed by atoms with E-state index in [1.165, 1.54) is 7.05 Å². The predicted octanol–water partition coefficient (Wildman–Crippen LogP) is -0.337. The van der Waals surface area contributed by atoms with E-state index < -0.39 is 41.4 Å². The number of nitrogens with one attached hydrogen (secondary N) is 5. The van der Waals surface area contributed by atoms with Gasteiger partial charge >= 0.3 is 0 Å². The van der Waals surface area contributed by atoms with Gasteiger partial charge in [-0.15, -0.1) is 0 Å². The molecule has 0 aromatic heterocycles. The molecule has 9 amide bonds. The van der Waals surface area contributed by atoms with Gasteiger partial charge in [0, 0.05) is 70.5 Å². The minimum Gasteiger partial charge on any atom is -0.489 e. The Hall–Kier alpha value is -5.35.